The Kier molecular flexibility index (Phi) is 1.94. The SMILES string of the molecule is Cc1cc(C)c(C=N)c(N)c1. The van der Waals surface area contributed by atoms with Gasteiger partial charge < -0.3 is 11.1 Å². The summed E-state index contributed by atoms with van der Waals surface area (Å²) in [6.45, 7) is 3.96. The van der Waals surface area contributed by atoms with Crippen LogP contribution in [0, 0.1) is 19.3 Å². The summed E-state index contributed by atoms with van der Waals surface area (Å²) in [5.74, 6) is 0. The molecule has 0 bridgehead atoms. The van der Waals surface area contributed by atoms with Crippen LogP contribution in [0.4, 0.5) is 5.69 Å². The highest BCUT2D eigenvalue weighted by atomic mass is 14.6. The molecule has 0 unspecified atom stereocenters. The normalized spacial score (nSPS) is 9.64. The van der Waals surface area contributed by atoms with E-state index in [1.807, 2.05) is 26.0 Å². The zero-order valence-electron chi connectivity index (χ0n) is 6.81. The first-order valence-electron chi connectivity index (χ1n) is 3.52. The van der Waals surface area contributed by atoms with Gasteiger partial charge >= 0.3 is 0 Å². The second kappa shape index (κ2) is 2.74. The van der Waals surface area contributed by atoms with Crippen molar-refractivity contribution in [2.75, 3.05) is 5.73 Å². The number of rotatable bonds is 1. The van der Waals surface area contributed by atoms with E-state index in [9.17, 15) is 0 Å². The van der Waals surface area contributed by atoms with Crippen LogP contribution in [-0.2, 0) is 0 Å². The molecular weight excluding hydrogens is 136 g/mol. The average Bonchev–Trinajstić information content (AvgIpc) is 1.85. The zero-order chi connectivity index (χ0) is 8.43. The quantitative estimate of drug-likeness (QED) is 0.463. The van der Waals surface area contributed by atoms with E-state index in [2.05, 4.69) is 0 Å². The van der Waals surface area contributed by atoms with Crippen LogP contribution >= 0.6 is 0 Å². The number of anilines is 1. The lowest BCUT2D eigenvalue weighted by molar-refractivity contribution is 1.37. The molecule has 0 aliphatic heterocycles. The fourth-order valence-corrected chi connectivity index (χ4v) is 1.21. The lowest BCUT2D eigenvalue weighted by Gasteiger charge is -2.04. The van der Waals surface area contributed by atoms with Gasteiger partial charge in [0.1, 0.15) is 0 Å². The zero-order valence-corrected chi connectivity index (χ0v) is 6.81. The Labute approximate surface area is 66.6 Å². The van der Waals surface area contributed by atoms with E-state index in [0.29, 0.717) is 5.69 Å². The van der Waals surface area contributed by atoms with Crippen LogP contribution in [0.5, 0.6) is 0 Å². The fraction of sp³-hybridized carbons (Fsp3) is 0.222. The lowest BCUT2D eigenvalue weighted by Crippen LogP contribution is -1.96. The number of hydrogen-bond donors (Lipinski definition) is 2. The Bertz CT molecular complexity index is 267. The molecule has 0 amide bonds. The van der Waals surface area contributed by atoms with Gasteiger partial charge in [-0.15, -0.1) is 0 Å². The molecular formula is C9H12N2. The van der Waals surface area contributed by atoms with Crippen LogP contribution in [0.1, 0.15) is 16.7 Å². The summed E-state index contributed by atoms with van der Waals surface area (Å²) < 4.78 is 0. The number of benzene rings is 1. The van der Waals surface area contributed by atoms with E-state index in [0.717, 1.165) is 16.7 Å². The Hall–Kier alpha value is -1.31. The van der Waals surface area contributed by atoms with Gasteiger partial charge in [0.15, 0.2) is 0 Å². The average molecular weight is 148 g/mol. The van der Waals surface area contributed by atoms with Crippen LogP contribution < -0.4 is 5.73 Å². The van der Waals surface area contributed by atoms with Crippen molar-refractivity contribution in [3.05, 3.63) is 28.8 Å². The first-order chi connectivity index (χ1) is 5.15. The van der Waals surface area contributed by atoms with Gasteiger partial charge in [-0.2, -0.15) is 0 Å². The van der Waals surface area contributed by atoms with Crippen molar-refractivity contribution in [3.8, 4) is 0 Å². The van der Waals surface area contributed by atoms with Gasteiger partial charge in [-0.25, -0.2) is 0 Å². The Morgan fingerprint density at radius 2 is 2.00 bits per heavy atom. The van der Waals surface area contributed by atoms with Gasteiger partial charge in [0.05, 0.1) is 0 Å². The summed E-state index contributed by atoms with van der Waals surface area (Å²) in [7, 11) is 0. The van der Waals surface area contributed by atoms with E-state index in [1.54, 1.807) is 0 Å². The summed E-state index contributed by atoms with van der Waals surface area (Å²) in [4.78, 5) is 0. The third-order valence-electron chi connectivity index (χ3n) is 1.71. The van der Waals surface area contributed by atoms with Crippen molar-refractivity contribution >= 4 is 11.9 Å². The van der Waals surface area contributed by atoms with Crippen LogP contribution in [0.3, 0.4) is 0 Å². The van der Waals surface area contributed by atoms with Crippen LogP contribution in [0.25, 0.3) is 0 Å². The van der Waals surface area contributed by atoms with Crippen molar-refractivity contribution in [1.29, 1.82) is 5.41 Å². The highest BCUT2D eigenvalue weighted by molar-refractivity contribution is 5.87. The van der Waals surface area contributed by atoms with Gasteiger partial charge in [0, 0.05) is 17.5 Å². The monoisotopic (exact) mass is 148 g/mol. The maximum absolute atomic E-state index is 7.09. The van der Waals surface area contributed by atoms with Crippen molar-refractivity contribution in [2.45, 2.75) is 13.8 Å². The predicted molar refractivity (Wildman–Crippen MR) is 48.2 cm³/mol. The first-order valence-corrected chi connectivity index (χ1v) is 3.52. The number of nitrogen functional groups attached to an aromatic ring is 1. The first kappa shape index (κ1) is 7.79. The molecule has 0 atom stereocenters. The molecule has 0 spiro atoms. The molecule has 3 N–H and O–H groups in total. The van der Waals surface area contributed by atoms with E-state index < -0.39 is 0 Å². The molecule has 0 fully saturated rings. The molecule has 1 rings (SSSR count). The Morgan fingerprint density at radius 1 is 1.36 bits per heavy atom. The molecule has 0 saturated heterocycles. The standard InChI is InChI=1S/C9H12N2/c1-6-3-7(2)8(5-10)9(11)4-6/h3-5,10H,11H2,1-2H3. The second-order valence-electron chi connectivity index (χ2n) is 2.73. The molecule has 58 valence electrons. The number of hydrogen-bond acceptors (Lipinski definition) is 2. The van der Waals surface area contributed by atoms with E-state index in [-0.39, 0.29) is 0 Å². The van der Waals surface area contributed by atoms with Crippen molar-refractivity contribution in [3.63, 3.8) is 0 Å². The van der Waals surface area contributed by atoms with Gasteiger partial charge in [0.25, 0.3) is 0 Å². The molecule has 1 aromatic rings. The number of aryl methyl sites for hydroxylation is 2. The summed E-state index contributed by atoms with van der Waals surface area (Å²) in [5.41, 5.74) is 9.41. The van der Waals surface area contributed by atoms with Crippen LogP contribution in [0.15, 0.2) is 12.1 Å². The smallest absolute Gasteiger partial charge is 0.0408 e. The molecule has 0 saturated carbocycles. The molecule has 0 aliphatic rings. The largest absolute Gasteiger partial charge is 0.398 e. The maximum atomic E-state index is 7.09. The van der Waals surface area contributed by atoms with Crippen LogP contribution in [-0.4, -0.2) is 6.21 Å². The van der Waals surface area contributed by atoms with Crippen LogP contribution in [0.2, 0.25) is 0 Å². The minimum absolute atomic E-state index is 0.692. The summed E-state index contributed by atoms with van der Waals surface area (Å²) >= 11 is 0. The summed E-state index contributed by atoms with van der Waals surface area (Å²) in [6.07, 6.45) is 1.30. The van der Waals surface area contributed by atoms with Gasteiger partial charge in [-0.3, -0.25) is 0 Å². The molecule has 2 heteroatoms. The predicted octanol–water partition coefficient (Wildman–Crippen LogP) is 1.88. The van der Waals surface area contributed by atoms with Crippen molar-refractivity contribution < 1.29 is 0 Å². The van der Waals surface area contributed by atoms with E-state index in [4.69, 9.17) is 11.1 Å². The molecule has 1 aromatic carbocycles. The molecule has 11 heavy (non-hydrogen) atoms. The molecule has 0 heterocycles. The summed E-state index contributed by atoms with van der Waals surface area (Å²) in [5, 5.41) is 7.09. The Morgan fingerprint density at radius 3 is 2.45 bits per heavy atom. The molecule has 0 aliphatic carbocycles. The van der Waals surface area contributed by atoms with E-state index >= 15 is 0 Å². The maximum Gasteiger partial charge on any atom is 0.0408 e. The minimum Gasteiger partial charge on any atom is -0.398 e. The number of nitrogens with one attached hydrogen (secondary N) is 1. The highest BCUT2D eigenvalue weighted by Crippen LogP contribution is 2.16. The molecule has 2 nitrogen and oxygen atoms in total. The van der Waals surface area contributed by atoms with Gasteiger partial charge in [0.2, 0.25) is 0 Å². The van der Waals surface area contributed by atoms with Crippen molar-refractivity contribution in [1.82, 2.24) is 0 Å². The van der Waals surface area contributed by atoms with Gasteiger partial charge in [-0.05, 0) is 31.0 Å². The summed E-state index contributed by atoms with van der Waals surface area (Å²) in [6, 6.07) is 3.91. The third kappa shape index (κ3) is 1.40. The topological polar surface area (TPSA) is 49.9 Å². The highest BCUT2D eigenvalue weighted by Gasteiger charge is 1.99. The minimum atomic E-state index is 0.692. The van der Waals surface area contributed by atoms with Crippen molar-refractivity contribution in [2.24, 2.45) is 0 Å². The lowest BCUT2D eigenvalue weighted by atomic mass is 10.0. The molecule has 0 radical (unpaired) electrons. The number of nitrogens with two attached hydrogens (primary N) is 1. The third-order valence-corrected chi connectivity index (χ3v) is 1.71. The van der Waals surface area contributed by atoms with E-state index in [1.165, 1.54) is 6.21 Å². The fourth-order valence-electron chi connectivity index (χ4n) is 1.21. The van der Waals surface area contributed by atoms with Gasteiger partial charge in [-0.1, -0.05) is 6.07 Å². The second-order valence-corrected chi connectivity index (χ2v) is 2.73. The Balaban J connectivity index is 3.36. The molecule has 0 aromatic heterocycles.